The summed E-state index contributed by atoms with van der Waals surface area (Å²) in [6, 6.07) is 6.14. The second-order valence-corrected chi connectivity index (χ2v) is 4.93. The van der Waals surface area contributed by atoms with Crippen molar-refractivity contribution in [3.05, 3.63) is 29.6 Å². The van der Waals surface area contributed by atoms with Gasteiger partial charge < -0.3 is 9.80 Å². The van der Waals surface area contributed by atoms with Gasteiger partial charge in [0, 0.05) is 57.5 Å². The molecule has 0 N–H and O–H groups in total. The van der Waals surface area contributed by atoms with Gasteiger partial charge in [0.15, 0.2) is 0 Å². The van der Waals surface area contributed by atoms with E-state index in [9.17, 15) is 4.79 Å². The van der Waals surface area contributed by atoms with Crippen LogP contribution >= 0.6 is 0 Å². The average Bonchev–Trinajstić information content (AvgIpc) is 2.51. The number of pyridine rings is 1. The highest BCUT2D eigenvalue weighted by molar-refractivity contribution is 5.76. The van der Waals surface area contributed by atoms with Gasteiger partial charge in [-0.1, -0.05) is 6.07 Å². The van der Waals surface area contributed by atoms with Gasteiger partial charge in [-0.2, -0.15) is 0 Å². The van der Waals surface area contributed by atoms with E-state index in [0.29, 0.717) is 6.42 Å². The minimum Gasteiger partial charge on any atom is -0.344 e. The minimum absolute atomic E-state index is 0.256. The molecule has 1 amide bonds. The summed E-state index contributed by atoms with van der Waals surface area (Å²) in [5, 5.41) is 0. The highest BCUT2D eigenvalue weighted by Crippen LogP contribution is 2.05. The highest BCUT2D eigenvalue weighted by atomic mass is 16.2. The Morgan fingerprint density at radius 3 is 2.89 bits per heavy atom. The number of aromatic nitrogens is 1. The first-order chi connectivity index (χ1) is 8.65. The van der Waals surface area contributed by atoms with Gasteiger partial charge in [0.05, 0.1) is 0 Å². The van der Waals surface area contributed by atoms with E-state index in [-0.39, 0.29) is 5.91 Å². The Kier molecular flexibility index (Phi) is 4.31. The lowest BCUT2D eigenvalue weighted by molar-refractivity contribution is -0.129. The molecule has 1 saturated heterocycles. The number of carbonyl (C=O) groups is 1. The number of nitrogens with zero attached hydrogens (tertiary/aromatic N) is 3. The summed E-state index contributed by atoms with van der Waals surface area (Å²) in [5.41, 5.74) is 2.21. The molecule has 0 saturated carbocycles. The number of hydrogen-bond acceptors (Lipinski definition) is 3. The molecule has 0 aliphatic carbocycles. The Bertz CT molecular complexity index is 419. The van der Waals surface area contributed by atoms with Crippen molar-refractivity contribution in [1.29, 1.82) is 0 Å². The van der Waals surface area contributed by atoms with Crippen LogP contribution < -0.4 is 0 Å². The molecule has 0 radical (unpaired) electrons. The number of rotatable bonds is 3. The molecule has 4 nitrogen and oxygen atoms in total. The van der Waals surface area contributed by atoms with Crippen LogP contribution in [-0.4, -0.2) is 53.9 Å². The maximum atomic E-state index is 11.6. The van der Waals surface area contributed by atoms with Crippen LogP contribution in [0.25, 0.3) is 0 Å². The standard InChI is InChI=1S/C14H21N3O/c1-12-4-3-5-13(15-12)6-8-17-9-7-14(18)16(2)10-11-17/h3-5H,6-11H2,1-2H3. The zero-order valence-electron chi connectivity index (χ0n) is 11.2. The SMILES string of the molecule is Cc1cccc(CCN2CCC(=O)N(C)CC2)n1. The molecule has 4 heteroatoms. The molecule has 1 fully saturated rings. The molecule has 0 aromatic carbocycles. The first-order valence-electron chi connectivity index (χ1n) is 6.54. The van der Waals surface area contributed by atoms with Gasteiger partial charge in [-0.15, -0.1) is 0 Å². The summed E-state index contributed by atoms with van der Waals surface area (Å²) >= 11 is 0. The topological polar surface area (TPSA) is 36.4 Å². The van der Waals surface area contributed by atoms with E-state index in [1.807, 2.05) is 24.9 Å². The van der Waals surface area contributed by atoms with E-state index in [1.165, 1.54) is 0 Å². The van der Waals surface area contributed by atoms with E-state index in [4.69, 9.17) is 0 Å². The number of hydrogen-bond donors (Lipinski definition) is 0. The molecular weight excluding hydrogens is 226 g/mol. The maximum Gasteiger partial charge on any atom is 0.223 e. The Morgan fingerprint density at radius 2 is 2.11 bits per heavy atom. The number of likely N-dealkylation sites (N-methyl/N-ethyl adjacent to an activating group) is 1. The lowest BCUT2D eigenvalue weighted by Crippen LogP contribution is -2.31. The van der Waals surface area contributed by atoms with Crippen molar-refractivity contribution in [3.8, 4) is 0 Å². The fourth-order valence-electron chi connectivity index (χ4n) is 2.21. The molecule has 0 spiro atoms. The monoisotopic (exact) mass is 247 g/mol. The Morgan fingerprint density at radius 1 is 1.28 bits per heavy atom. The van der Waals surface area contributed by atoms with Crippen LogP contribution in [0.4, 0.5) is 0 Å². The predicted octanol–water partition coefficient (Wildman–Crippen LogP) is 1.10. The van der Waals surface area contributed by atoms with Crippen LogP contribution in [0.15, 0.2) is 18.2 Å². The highest BCUT2D eigenvalue weighted by Gasteiger charge is 2.17. The van der Waals surface area contributed by atoms with Gasteiger partial charge in [-0.05, 0) is 19.1 Å². The first kappa shape index (κ1) is 13.0. The third kappa shape index (κ3) is 3.53. The summed E-state index contributed by atoms with van der Waals surface area (Å²) in [4.78, 5) is 20.2. The second-order valence-electron chi connectivity index (χ2n) is 4.93. The normalized spacial score (nSPS) is 17.9. The van der Waals surface area contributed by atoms with E-state index >= 15 is 0 Å². The quantitative estimate of drug-likeness (QED) is 0.802. The molecule has 1 aliphatic rings. The van der Waals surface area contributed by atoms with Crippen molar-refractivity contribution in [2.75, 3.05) is 33.2 Å². The van der Waals surface area contributed by atoms with Gasteiger partial charge in [0.2, 0.25) is 5.91 Å². The molecule has 1 aliphatic heterocycles. The Labute approximate surface area is 109 Å². The van der Waals surface area contributed by atoms with Gasteiger partial charge in [0.1, 0.15) is 0 Å². The zero-order chi connectivity index (χ0) is 13.0. The second kappa shape index (κ2) is 5.96. The summed E-state index contributed by atoms with van der Waals surface area (Å²) < 4.78 is 0. The van der Waals surface area contributed by atoms with E-state index in [2.05, 4.69) is 22.0 Å². The number of aryl methyl sites for hydroxylation is 1. The van der Waals surface area contributed by atoms with Crippen LogP contribution in [0.1, 0.15) is 17.8 Å². The zero-order valence-corrected chi connectivity index (χ0v) is 11.2. The molecule has 2 heterocycles. The van der Waals surface area contributed by atoms with Crippen molar-refractivity contribution < 1.29 is 4.79 Å². The van der Waals surface area contributed by atoms with Crippen LogP contribution in [0.5, 0.6) is 0 Å². The summed E-state index contributed by atoms with van der Waals surface area (Å²) in [5.74, 6) is 0.256. The van der Waals surface area contributed by atoms with E-state index in [1.54, 1.807) is 0 Å². The largest absolute Gasteiger partial charge is 0.344 e. The van der Waals surface area contributed by atoms with Crippen molar-refractivity contribution in [1.82, 2.24) is 14.8 Å². The molecule has 2 rings (SSSR count). The average molecular weight is 247 g/mol. The fraction of sp³-hybridized carbons (Fsp3) is 0.571. The molecule has 98 valence electrons. The third-order valence-electron chi connectivity index (χ3n) is 3.45. The summed E-state index contributed by atoms with van der Waals surface area (Å²) in [6.07, 6.45) is 1.59. The minimum atomic E-state index is 0.256. The molecule has 18 heavy (non-hydrogen) atoms. The lowest BCUT2D eigenvalue weighted by atomic mass is 10.2. The van der Waals surface area contributed by atoms with E-state index < -0.39 is 0 Å². The Balaban J connectivity index is 1.85. The van der Waals surface area contributed by atoms with Crippen LogP contribution in [0, 0.1) is 6.92 Å². The van der Waals surface area contributed by atoms with Crippen LogP contribution in [0.2, 0.25) is 0 Å². The van der Waals surface area contributed by atoms with Crippen LogP contribution in [0.3, 0.4) is 0 Å². The summed E-state index contributed by atoms with van der Waals surface area (Å²) in [6.45, 7) is 5.67. The lowest BCUT2D eigenvalue weighted by Gasteiger charge is -2.19. The smallest absolute Gasteiger partial charge is 0.223 e. The molecular formula is C14H21N3O. The molecule has 1 aromatic rings. The number of carbonyl (C=O) groups excluding carboxylic acids is 1. The third-order valence-corrected chi connectivity index (χ3v) is 3.45. The van der Waals surface area contributed by atoms with Crippen molar-refractivity contribution in [2.24, 2.45) is 0 Å². The van der Waals surface area contributed by atoms with Gasteiger partial charge >= 0.3 is 0 Å². The molecule has 0 bridgehead atoms. The van der Waals surface area contributed by atoms with Crippen molar-refractivity contribution >= 4 is 5.91 Å². The maximum absolute atomic E-state index is 11.6. The van der Waals surface area contributed by atoms with Gasteiger partial charge in [0.25, 0.3) is 0 Å². The van der Waals surface area contributed by atoms with Gasteiger partial charge in [-0.25, -0.2) is 0 Å². The molecule has 0 unspecified atom stereocenters. The van der Waals surface area contributed by atoms with E-state index in [0.717, 1.165) is 44.0 Å². The van der Waals surface area contributed by atoms with Gasteiger partial charge in [-0.3, -0.25) is 9.78 Å². The first-order valence-corrected chi connectivity index (χ1v) is 6.54. The summed E-state index contributed by atoms with van der Waals surface area (Å²) in [7, 11) is 1.88. The molecule has 1 aromatic heterocycles. The Hall–Kier alpha value is -1.42. The van der Waals surface area contributed by atoms with Crippen molar-refractivity contribution in [2.45, 2.75) is 19.8 Å². The number of amides is 1. The van der Waals surface area contributed by atoms with Crippen LogP contribution in [-0.2, 0) is 11.2 Å². The van der Waals surface area contributed by atoms with Crippen molar-refractivity contribution in [3.63, 3.8) is 0 Å². The predicted molar refractivity (Wildman–Crippen MR) is 71.4 cm³/mol. The fourth-order valence-corrected chi connectivity index (χ4v) is 2.21. The molecule has 0 atom stereocenters.